The van der Waals surface area contributed by atoms with Gasteiger partial charge in [0.2, 0.25) is 5.95 Å². The number of rotatable bonds is 6. The van der Waals surface area contributed by atoms with E-state index in [1.165, 1.54) is 0 Å². The second-order valence-electron chi connectivity index (χ2n) is 6.02. The Morgan fingerprint density at radius 2 is 1.73 bits per heavy atom. The number of anilines is 2. The highest BCUT2D eigenvalue weighted by Crippen LogP contribution is 2.17. The summed E-state index contributed by atoms with van der Waals surface area (Å²) in [5, 5.41) is 6.13. The minimum atomic E-state index is -0.237. The number of aromatic nitrogens is 2. The lowest BCUT2D eigenvalue weighted by Crippen LogP contribution is -2.17. The molecule has 0 spiro atoms. The number of aryl methyl sites for hydroxylation is 2. The fraction of sp³-hybridized carbons (Fsp3) is 0.190. The molecule has 0 fully saturated rings. The van der Waals surface area contributed by atoms with Crippen LogP contribution in [0.25, 0.3) is 0 Å². The molecule has 1 amide bonds. The minimum absolute atomic E-state index is 0.237. The molecule has 5 heteroatoms. The third-order valence-electron chi connectivity index (χ3n) is 4.03. The fourth-order valence-electron chi connectivity index (χ4n) is 2.68. The quantitative estimate of drug-likeness (QED) is 0.701. The first kappa shape index (κ1) is 17.6. The van der Waals surface area contributed by atoms with E-state index in [4.69, 9.17) is 0 Å². The SMILES string of the molecule is CCc1ccccc1NC(=O)c1cc(C)nc(NCc2ccccc2)n1. The summed E-state index contributed by atoms with van der Waals surface area (Å²) >= 11 is 0. The number of amides is 1. The molecule has 132 valence electrons. The van der Waals surface area contributed by atoms with E-state index in [1.807, 2.05) is 61.5 Å². The van der Waals surface area contributed by atoms with Crippen molar-refractivity contribution in [3.63, 3.8) is 0 Å². The number of benzene rings is 2. The maximum absolute atomic E-state index is 12.6. The van der Waals surface area contributed by atoms with Crippen LogP contribution in [0.5, 0.6) is 0 Å². The molecule has 1 heterocycles. The Morgan fingerprint density at radius 1 is 1.00 bits per heavy atom. The molecule has 0 bridgehead atoms. The van der Waals surface area contributed by atoms with Crippen LogP contribution in [0.2, 0.25) is 0 Å². The number of hydrogen-bond acceptors (Lipinski definition) is 4. The van der Waals surface area contributed by atoms with Gasteiger partial charge >= 0.3 is 0 Å². The van der Waals surface area contributed by atoms with Crippen molar-refractivity contribution in [3.8, 4) is 0 Å². The van der Waals surface area contributed by atoms with E-state index >= 15 is 0 Å². The van der Waals surface area contributed by atoms with Crippen LogP contribution >= 0.6 is 0 Å². The molecule has 0 unspecified atom stereocenters. The summed E-state index contributed by atoms with van der Waals surface area (Å²) < 4.78 is 0. The zero-order chi connectivity index (χ0) is 18.4. The van der Waals surface area contributed by atoms with E-state index in [1.54, 1.807) is 6.07 Å². The molecule has 0 aliphatic heterocycles. The van der Waals surface area contributed by atoms with Crippen molar-refractivity contribution in [2.45, 2.75) is 26.8 Å². The Kier molecular flexibility index (Phi) is 5.59. The zero-order valence-corrected chi connectivity index (χ0v) is 15.0. The number of carbonyl (C=O) groups excluding carboxylic acids is 1. The Balaban J connectivity index is 1.75. The summed E-state index contributed by atoms with van der Waals surface area (Å²) in [5.41, 5.74) is 4.12. The lowest BCUT2D eigenvalue weighted by Gasteiger charge is -2.11. The molecule has 0 aliphatic carbocycles. The van der Waals surface area contributed by atoms with E-state index in [2.05, 4.69) is 27.5 Å². The number of hydrogen-bond donors (Lipinski definition) is 2. The molecule has 0 saturated carbocycles. The van der Waals surface area contributed by atoms with Crippen LogP contribution in [0.4, 0.5) is 11.6 Å². The maximum atomic E-state index is 12.6. The number of nitrogens with one attached hydrogen (secondary N) is 2. The topological polar surface area (TPSA) is 66.9 Å². The van der Waals surface area contributed by atoms with Gasteiger partial charge in [-0.05, 0) is 36.6 Å². The van der Waals surface area contributed by atoms with Gasteiger partial charge in [-0.25, -0.2) is 9.97 Å². The molecule has 2 aromatic carbocycles. The van der Waals surface area contributed by atoms with Crippen molar-refractivity contribution < 1.29 is 4.79 Å². The largest absolute Gasteiger partial charge is 0.350 e. The van der Waals surface area contributed by atoms with Crippen LogP contribution in [0.15, 0.2) is 60.7 Å². The fourth-order valence-corrected chi connectivity index (χ4v) is 2.68. The number of carbonyl (C=O) groups is 1. The predicted octanol–water partition coefficient (Wildman–Crippen LogP) is 4.21. The third kappa shape index (κ3) is 4.45. The first-order valence-electron chi connectivity index (χ1n) is 8.68. The van der Waals surface area contributed by atoms with Crippen molar-refractivity contribution in [3.05, 3.63) is 83.2 Å². The third-order valence-corrected chi connectivity index (χ3v) is 4.03. The Morgan fingerprint density at radius 3 is 2.50 bits per heavy atom. The van der Waals surface area contributed by atoms with Crippen LogP contribution in [0.1, 0.15) is 34.2 Å². The Hall–Kier alpha value is -3.21. The van der Waals surface area contributed by atoms with Crippen LogP contribution < -0.4 is 10.6 Å². The highest BCUT2D eigenvalue weighted by Gasteiger charge is 2.12. The van der Waals surface area contributed by atoms with Gasteiger partial charge in [-0.3, -0.25) is 4.79 Å². The summed E-state index contributed by atoms with van der Waals surface area (Å²) in [7, 11) is 0. The summed E-state index contributed by atoms with van der Waals surface area (Å²) in [6.45, 7) is 4.52. The second kappa shape index (κ2) is 8.25. The molecule has 2 N–H and O–H groups in total. The lowest BCUT2D eigenvalue weighted by atomic mass is 10.1. The molecule has 1 aromatic heterocycles. The second-order valence-corrected chi connectivity index (χ2v) is 6.02. The summed E-state index contributed by atoms with van der Waals surface area (Å²) in [4.78, 5) is 21.4. The summed E-state index contributed by atoms with van der Waals surface area (Å²) in [6.07, 6.45) is 0.850. The lowest BCUT2D eigenvalue weighted by molar-refractivity contribution is 0.102. The van der Waals surface area contributed by atoms with Crippen molar-refractivity contribution in [2.24, 2.45) is 0 Å². The molecule has 5 nitrogen and oxygen atoms in total. The smallest absolute Gasteiger partial charge is 0.274 e. The molecular weight excluding hydrogens is 324 g/mol. The van der Waals surface area contributed by atoms with Gasteiger partial charge in [0.1, 0.15) is 5.69 Å². The van der Waals surface area contributed by atoms with E-state index in [9.17, 15) is 4.79 Å². The highest BCUT2D eigenvalue weighted by atomic mass is 16.1. The first-order valence-corrected chi connectivity index (χ1v) is 8.68. The van der Waals surface area contributed by atoms with Gasteiger partial charge in [0.05, 0.1) is 0 Å². The van der Waals surface area contributed by atoms with Crippen LogP contribution in [-0.4, -0.2) is 15.9 Å². The first-order chi connectivity index (χ1) is 12.7. The van der Waals surface area contributed by atoms with Crippen LogP contribution in [0.3, 0.4) is 0 Å². The van der Waals surface area contributed by atoms with Gasteiger partial charge in [-0.1, -0.05) is 55.5 Å². The monoisotopic (exact) mass is 346 g/mol. The molecule has 0 radical (unpaired) electrons. The molecule has 0 saturated heterocycles. The summed E-state index contributed by atoms with van der Waals surface area (Å²) in [6, 6.07) is 19.5. The predicted molar refractivity (Wildman–Crippen MR) is 104 cm³/mol. The molecular formula is C21H22N4O. The normalized spacial score (nSPS) is 10.4. The van der Waals surface area contributed by atoms with Crippen LogP contribution in [0, 0.1) is 6.92 Å². The van der Waals surface area contributed by atoms with E-state index < -0.39 is 0 Å². The van der Waals surface area contributed by atoms with Gasteiger partial charge in [0, 0.05) is 17.9 Å². The average Bonchev–Trinajstić information content (AvgIpc) is 2.67. The van der Waals surface area contributed by atoms with Gasteiger partial charge < -0.3 is 10.6 Å². The van der Waals surface area contributed by atoms with Gasteiger partial charge in [-0.2, -0.15) is 0 Å². The summed E-state index contributed by atoms with van der Waals surface area (Å²) in [5.74, 6) is 0.210. The average molecular weight is 346 g/mol. The minimum Gasteiger partial charge on any atom is -0.350 e. The van der Waals surface area contributed by atoms with Crippen molar-refractivity contribution in [2.75, 3.05) is 10.6 Å². The van der Waals surface area contributed by atoms with Crippen molar-refractivity contribution >= 4 is 17.5 Å². The Labute approximate surface area is 153 Å². The molecule has 26 heavy (non-hydrogen) atoms. The van der Waals surface area contributed by atoms with E-state index in [-0.39, 0.29) is 5.91 Å². The zero-order valence-electron chi connectivity index (χ0n) is 15.0. The van der Waals surface area contributed by atoms with Crippen LogP contribution in [-0.2, 0) is 13.0 Å². The van der Waals surface area contributed by atoms with Crippen molar-refractivity contribution in [1.29, 1.82) is 0 Å². The van der Waals surface area contributed by atoms with Gasteiger partial charge in [0.25, 0.3) is 5.91 Å². The van der Waals surface area contributed by atoms with Gasteiger partial charge in [-0.15, -0.1) is 0 Å². The standard InChI is InChI=1S/C21H22N4O/c1-3-17-11-7-8-12-18(17)24-20(26)19-13-15(2)23-21(25-19)22-14-16-9-5-4-6-10-16/h4-13H,3,14H2,1-2H3,(H,24,26)(H,22,23,25). The van der Waals surface area contributed by atoms with E-state index in [0.717, 1.165) is 28.9 Å². The Bertz CT molecular complexity index is 894. The van der Waals surface area contributed by atoms with Crippen molar-refractivity contribution in [1.82, 2.24) is 9.97 Å². The van der Waals surface area contributed by atoms with Gasteiger partial charge in [0.15, 0.2) is 0 Å². The number of nitrogens with zero attached hydrogens (tertiary/aromatic N) is 2. The molecule has 0 atom stereocenters. The highest BCUT2D eigenvalue weighted by molar-refractivity contribution is 6.03. The molecule has 3 aromatic rings. The molecule has 3 rings (SSSR count). The van der Waals surface area contributed by atoms with E-state index in [0.29, 0.717) is 18.2 Å². The maximum Gasteiger partial charge on any atom is 0.274 e. The number of para-hydroxylation sites is 1. The molecule has 0 aliphatic rings.